The van der Waals surface area contributed by atoms with Gasteiger partial charge in [0.1, 0.15) is 0 Å². The molecule has 0 saturated heterocycles. The highest BCUT2D eigenvalue weighted by Gasteiger charge is 2.20. The molecule has 1 aromatic heterocycles. The molecular weight excluding hydrogens is 276 g/mol. The molecule has 86 valence electrons. The number of fused-ring (bicyclic) bond motifs is 2. The van der Waals surface area contributed by atoms with Crippen molar-refractivity contribution in [1.29, 1.82) is 0 Å². The highest BCUT2D eigenvalue weighted by molar-refractivity contribution is 9.09. The van der Waals surface area contributed by atoms with Crippen LogP contribution in [0.5, 0.6) is 0 Å². The molecule has 0 fully saturated rings. The van der Waals surface area contributed by atoms with Gasteiger partial charge in [-0.3, -0.25) is 4.98 Å². The molecule has 0 radical (unpaired) electrons. The fraction of sp³-hybridized carbons (Fsp3) is 0.214. The lowest BCUT2D eigenvalue weighted by atomic mass is 10.00. The van der Waals surface area contributed by atoms with Gasteiger partial charge in [0.2, 0.25) is 0 Å². The minimum absolute atomic E-state index is 0.316. The zero-order chi connectivity index (χ0) is 11.7. The van der Waals surface area contributed by atoms with Crippen molar-refractivity contribution in [2.24, 2.45) is 0 Å². The first-order chi connectivity index (χ1) is 8.38. The molecule has 3 heteroatoms. The van der Waals surface area contributed by atoms with Crippen molar-refractivity contribution in [2.75, 3.05) is 10.6 Å². The Hall–Kier alpha value is -1.35. The topological polar surface area (TPSA) is 24.9 Å². The monoisotopic (exact) mass is 288 g/mol. The first kappa shape index (κ1) is 10.8. The Morgan fingerprint density at radius 1 is 1.24 bits per heavy atom. The third-order valence-electron chi connectivity index (χ3n) is 3.16. The average Bonchev–Trinajstić information content (AvgIpc) is 2.54. The molecule has 0 bridgehead atoms. The van der Waals surface area contributed by atoms with E-state index in [0.717, 1.165) is 23.1 Å². The van der Waals surface area contributed by atoms with E-state index in [4.69, 9.17) is 0 Å². The normalized spacial score (nSPS) is 17.6. The zero-order valence-corrected chi connectivity index (χ0v) is 10.9. The fourth-order valence-electron chi connectivity index (χ4n) is 2.31. The van der Waals surface area contributed by atoms with Crippen LogP contribution >= 0.6 is 15.9 Å². The van der Waals surface area contributed by atoms with E-state index in [1.165, 1.54) is 11.1 Å². The van der Waals surface area contributed by atoms with Crippen LogP contribution in [0.25, 0.3) is 0 Å². The van der Waals surface area contributed by atoms with Crippen molar-refractivity contribution in [1.82, 2.24) is 4.98 Å². The van der Waals surface area contributed by atoms with E-state index in [1.807, 2.05) is 12.3 Å². The molecule has 1 aliphatic rings. The second kappa shape index (κ2) is 4.49. The van der Waals surface area contributed by atoms with Crippen LogP contribution in [0.2, 0.25) is 0 Å². The summed E-state index contributed by atoms with van der Waals surface area (Å²) in [6.45, 7) is 0. The Labute approximate surface area is 109 Å². The van der Waals surface area contributed by atoms with Gasteiger partial charge in [-0.2, -0.15) is 0 Å². The molecule has 0 spiro atoms. The molecule has 17 heavy (non-hydrogen) atoms. The van der Waals surface area contributed by atoms with Gasteiger partial charge in [0, 0.05) is 17.9 Å². The number of hydrogen-bond acceptors (Lipinski definition) is 2. The van der Waals surface area contributed by atoms with Crippen LogP contribution in [0.1, 0.15) is 22.9 Å². The van der Waals surface area contributed by atoms with Crippen LogP contribution in [0.15, 0.2) is 42.6 Å². The number of aromatic nitrogens is 1. The Morgan fingerprint density at radius 3 is 3.00 bits per heavy atom. The average molecular weight is 289 g/mol. The first-order valence-electron chi connectivity index (χ1n) is 5.72. The van der Waals surface area contributed by atoms with Gasteiger partial charge in [-0.1, -0.05) is 40.2 Å². The van der Waals surface area contributed by atoms with Gasteiger partial charge in [0.25, 0.3) is 0 Å². The summed E-state index contributed by atoms with van der Waals surface area (Å²) in [4.78, 5) is 4.47. The molecule has 0 saturated carbocycles. The van der Waals surface area contributed by atoms with Crippen LogP contribution < -0.4 is 5.32 Å². The van der Waals surface area contributed by atoms with Crippen LogP contribution in [-0.2, 0) is 6.42 Å². The fourth-order valence-corrected chi connectivity index (χ4v) is 2.82. The minimum atomic E-state index is 0.316. The van der Waals surface area contributed by atoms with E-state index in [9.17, 15) is 0 Å². The van der Waals surface area contributed by atoms with E-state index in [-0.39, 0.29) is 0 Å². The molecule has 0 aliphatic carbocycles. The molecule has 2 aromatic rings. The lowest BCUT2D eigenvalue weighted by molar-refractivity contribution is 0.901. The van der Waals surface area contributed by atoms with Gasteiger partial charge in [-0.25, -0.2) is 0 Å². The maximum absolute atomic E-state index is 4.47. The highest BCUT2D eigenvalue weighted by Crippen LogP contribution is 2.31. The van der Waals surface area contributed by atoms with Gasteiger partial charge >= 0.3 is 0 Å². The SMILES string of the molecule is BrCC1Nc2cccnc2Cc2ccccc21. The quantitative estimate of drug-likeness (QED) is 0.812. The standard InChI is InChI=1S/C14H13BrN2/c15-9-14-11-5-2-1-4-10(11)8-13-12(17-14)6-3-7-16-13/h1-7,14,17H,8-9H2. The maximum Gasteiger partial charge on any atom is 0.0678 e. The van der Waals surface area contributed by atoms with Gasteiger partial charge in [-0.05, 0) is 23.3 Å². The minimum Gasteiger partial charge on any atom is -0.376 e. The molecule has 0 amide bonds. The van der Waals surface area contributed by atoms with Crippen LogP contribution in [0, 0.1) is 0 Å². The number of halogens is 1. The van der Waals surface area contributed by atoms with Crippen molar-refractivity contribution in [3.63, 3.8) is 0 Å². The number of pyridine rings is 1. The summed E-state index contributed by atoms with van der Waals surface area (Å²) < 4.78 is 0. The number of nitrogens with one attached hydrogen (secondary N) is 1. The summed E-state index contributed by atoms with van der Waals surface area (Å²) in [6.07, 6.45) is 2.76. The second-order valence-corrected chi connectivity index (χ2v) is 4.87. The summed E-state index contributed by atoms with van der Waals surface area (Å²) in [5.74, 6) is 0. The molecule has 1 unspecified atom stereocenters. The van der Waals surface area contributed by atoms with Crippen molar-refractivity contribution in [3.8, 4) is 0 Å². The van der Waals surface area contributed by atoms with Crippen molar-refractivity contribution in [2.45, 2.75) is 12.5 Å². The second-order valence-electron chi connectivity index (χ2n) is 4.22. The summed E-state index contributed by atoms with van der Waals surface area (Å²) in [7, 11) is 0. The van der Waals surface area contributed by atoms with Crippen LogP contribution in [0.4, 0.5) is 5.69 Å². The van der Waals surface area contributed by atoms with Gasteiger partial charge < -0.3 is 5.32 Å². The third kappa shape index (κ3) is 1.95. The van der Waals surface area contributed by atoms with Crippen molar-refractivity contribution in [3.05, 3.63) is 59.4 Å². The molecule has 2 heterocycles. The Kier molecular flexibility index (Phi) is 2.85. The van der Waals surface area contributed by atoms with Crippen LogP contribution in [0.3, 0.4) is 0 Å². The van der Waals surface area contributed by atoms with E-state index in [0.29, 0.717) is 6.04 Å². The van der Waals surface area contributed by atoms with Gasteiger partial charge in [0.05, 0.1) is 17.4 Å². The number of benzene rings is 1. The van der Waals surface area contributed by atoms with Crippen molar-refractivity contribution < 1.29 is 0 Å². The summed E-state index contributed by atoms with van der Waals surface area (Å²) in [5.41, 5.74) is 5.00. The van der Waals surface area contributed by atoms with E-state index in [2.05, 4.69) is 56.6 Å². The van der Waals surface area contributed by atoms with E-state index >= 15 is 0 Å². The molecule has 1 atom stereocenters. The number of anilines is 1. The smallest absolute Gasteiger partial charge is 0.0678 e. The molecule has 2 nitrogen and oxygen atoms in total. The first-order valence-corrected chi connectivity index (χ1v) is 6.85. The summed E-state index contributed by atoms with van der Waals surface area (Å²) in [6, 6.07) is 13.0. The van der Waals surface area contributed by atoms with E-state index in [1.54, 1.807) is 0 Å². The Morgan fingerprint density at radius 2 is 2.12 bits per heavy atom. The predicted molar refractivity (Wildman–Crippen MR) is 73.6 cm³/mol. The molecule has 1 aromatic carbocycles. The van der Waals surface area contributed by atoms with Gasteiger partial charge in [-0.15, -0.1) is 0 Å². The van der Waals surface area contributed by atoms with Crippen LogP contribution in [-0.4, -0.2) is 10.3 Å². The van der Waals surface area contributed by atoms with Gasteiger partial charge in [0.15, 0.2) is 0 Å². The Bertz CT molecular complexity index is 539. The summed E-state index contributed by atoms with van der Waals surface area (Å²) >= 11 is 3.58. The lowest BCUT2D eigenvalue weighted by Crippen LogP contribution is -2.12. The Balaban J connectivity index is 2.13. The third-order valence-corrected chi connectivity index (χ3v) is 3.81. The lowest BCUT2D eigenvalue weighted by Gasteiger charge is -2.17. The highest BCUT2D eigenvalue weighted by atomic mass is 79.9. The molecular formula is C14H13BrN2. The maximum atomic E-state index is 4.47. The zero-order valence-electron chi connectivity index (χ0n) is 9.36. The number of hydrogen-bond donors (Lipinski definition) is 1. The van der Waals surface area contributed by atoms with E-state index < -0.39 is 0 Å². The number of nitrogens with zero attached hydrogens (tertiary/aromatic N) is 1. The molecule has 3 rings (SSSR count). The predicted octanol–water partition coefficient (Wildman–Crippen LogP) is 3.53. The largest absolute Gasteiger partial charge is 0.376 e. The number of alkyl halides is 1. The molecule has 1 N–H and O–H groups in total. The van der Waals surface area contributed by atoms with Crippen molar-refractivity contribution >= 4 is 21.6 Å². The molecule has 1 aliphatic heterocycles. The summed E-state index contributed by atoms with van der Waals surface area (Å²) in [5, 5.41) is 4.46. The number of rotatable bonds is 1.